The first-order valence-electron chi connectivity index (χ1n) is 6.90. The number of rotatable bonds is 5. The van der Waals surface area contributed by atoms with E-state index in [1.807, 2.05) is 41.1 Å². The second kappa shape index (κ2) is 6.62. The summed E-state index contributed by atoms with van der Waals surface area (Å²) in [6.45, 7) is 0.593. The Morgan fingerprint density at radius 1 is 1.14 bits per heavy atom. The molecule has 6 heteroatoms. The summed E-state index contributed by atoms with van der Waals surface area (Å²) in [5.74, 6) is -0.248. The van der Waals surface area contributed by atoms with Gasteiger partial charge in [0.1, 0.15) is 5.69 Å². The molecular weight excluding hydrogens is 278 g/mol. The molecule has 22 heavy (non-hydrogen) atoms. The molecule has 0 spiro atoms. The fourth-order valence-corrected chi connectivity index (χ4v) is 2.17. The van der Waals surface area contributed by atoms with Crippen molar-refractivity contribution < 1.29 is 4.79 Å². The number of aromatic nitrogens is 4. The summed E-state index contributed by atoms with van der Waals surface area (Å²) in [7, 11) is 0. The van der Waals surface area contributed by atoms with Crippen molar-refractivity contribution >= 4 is 5.91 Å². The Bertz CT molecular complexity index is 713. The zero-order valence-corrected chi connectivity index (χ0v) is 11.8. The lowest BCUT2D eigenvalue weighted by molar-refractivity contribution is 0.0927. The van der Waals surface area contributed by atoms with Gasteiger partial charge < -0.3 is 9.88 Å². The molecule has 1 N–H and O–H groups in total. The molecule has 1 aromatic carbocycles. The molecule has 3 rings (SSSR count). The van der Waals surface area contributed by atoms with Crippen molar-refractivity contribution in [3.05, 3.63) is 78.9 Å². The van der Waals surface area contributed by atoms with Gasteiger partial charge in [-0.1, -0.05) is 30.3 Å². The molecule has 6 nitrogen and oxygen atoms in total. The van der Waals surface area contributed by atoms with E-state index in [1.165, 1.54) is 18.6 Å². The van der Waals surface area contributed by atoms with Crippen LogP contribution in [0.2, 0.25) is 0 Å². The molecule has 2 heterocycles. The first-order chi connectivity index (χ1) is 10.8. The van der Waals surface area contributed by atoms with Crippen LogP contribution in [0.25, 0.3) is 0 Å². The Balaban J connectivity index is 1.81. The number of carbonyl (C=O) groups excluding carboxylic acids is 1. The van der Waals surface area contributed by atoms with Crippen LogP contribution < -0.4 is 5.32 Å². The monoisotopic (exact) mass is 293 g/mol. The van der Waals surface area contributed by atoms with E-state index in [0.29, 0.717) is 12.2 Å². The zero-order valence-electron chi connectivity index (χ0n) is 11.8. The Morgan fingerprint density at radius 3 is 2.68 bits per heavy atom. The number of hydrogen-bond acceptors (Lipinski definition) is 4. The number of carbonyl (C=O) groups is 1. The Hall–Kier alpha value is -3.02. The van der Waals surface area contributed by atoms with E-state index in [9.17, 15) is 4.79 Å². The van der Waals surface area contributed by atoms with Crippen molar-refractivity contribution in [3.8, 4) is 0 Å². The maximum Gasteiger partial charge on any atom is 0.272 e. The lowest BCUT2D eigenvalue weighted by atomic mass is 10.1. The molecular formula is C16H15N5O. The molecule has 0 aliphatic heterocycles. The van der Waals surface area contributed by atoms with E-state index in [-0.39, 0.29) is 11.9 Å². The summed E-state index contributed by atoms with van der Waals surface area (Å²) in [5, 5.41) is 3.00. The van der Waals surface area contributed by atoms with Crippen LogP contribution in [0, 0.1) is 0 Å². The van der Waals surface area contributed by atoms with Gasteiger partial charge in [0.2, 0.25) is 0 Å². The van der Waals surface area contributed by atoms with E-state index >= 15 is 0 Å². The Morgan fingerprint density at radius 2 is 2.00 bits per heavy atom. The fraction of sp³-hybridized carbons (Fsp3) is 0.125. The number of hydrogen-bond donors (Lipinski definition) is 1. The van der Waals surface area contributed by atoms with Crippen LogP contribution in [0.15, 0.2) is 67.6 Å². The SMILES string of the molecule is O=C(N[C@H](Cn1ccnc1)c1ccccc1)c1cnccn1. The normalized spacial score (nSPS) is 11.8. The van der Waals surface area contributed by atoms with E-state index in [4.69, 9.17) is 0 Å². The standard InChI is InChI=1S/C16H15N5O/c22-16(14-10-17-6-7-19-14)20-15(11-21-9-8-18-12-21)13-4-2-1-3-5-13/h1-10,12,15H,11H2,(H,20,22)/t15-/m1/s1. The van der Waals surface area contributed by atoms with Gasteiger partial charge >= 0.3 is 0 Å². The van der Waals surface area contributed by atoms with Crippen LogP contribution in [0.4, 0.5) is 0 Å². The van der Waals surface area contributed by atoms with Gasteiger partial charge in [0.15, 0.2) is 0 Å². The molecule has 0 unspecified atom stereocenters. The quantitative estimate of drug-likeness (QED) is 0.779. The first kappa shape index (κ1) is 13.9. The van der Waals surface area contributed by atoms with Crippen LogP contribution in [0.3, 0.4) is 0 Å². The molecule has 0 aliphatic rings. The summed E-state index contributed by atoms with van der Waals surface area (Å²) in [4.78, 5) is 24.3. The van der Waals surface area contributed by atoms with Crippen LogP contribution >= 0.6 is 0 Å². The molecule has 110 valence electrons. The zero-order chi connectivity index (χ0) is 15.2. The first-order valence-corrected chi connectivity index (χ1v) is 6.90. The van der Waals surface area contributed by atoms with Crippen LogP contribution in [-0.2, 0) is 6.54 Å². The third-order valence-electron chi connectivity index (χ3n) is 3.26. The van der Waals surface area contributed by atoms with Gasteiger partial charge in [0, 0.05) is 31.3 Å². The molecule has 2 aromatic heterocycles. The predicted molar refractivity (Wildman–Crippen MR) is 80.9 cm³/mol. The second-order valence-corrected chi connectivity index (χ2v) is 4.79. The topological polar surface area (TPSA) is 72.7 Å². The van der Waals surface area contributed by atoms with Gasteiger partial charge in [-0.05, 0) is 5.56 Å². The fourth-order valence-electron chi connectivity index (χ4n) is 2.17. The second-order valence-electron chi connectivity index (χ2n) is 4.79. The number of imidazole rings is 1. The molecule has 1 amide bonds. The van der Waals surface area contributed by atoms with Crippen LogP contribution in [0.1, 0.15) is 22.1 Å². The summed E-state index contributed by atoms with van der Waals surface area (Å²) in [6.07, 6.45) is 9.80. The molecule has 0 saturated heterocycles. The van der Waals surface area contributed by atoms with Crippen molar-refractivity contribution in [2.24, 2.45) is 0 Å². The lowest BCUT2D eigenvalue weighted by Crippen LogP contribution is -2.31. The third-order valence-corrected chi connectivity index (χ3v) is 3.26. The maximum atomic E-state index is 12.3. The highest BCUT2D eigenvalue weighted by molar-refractivity contribution is 5.92. The maximum absolute atomic E-state index is 12.3. The van der Waals surface area contributed by atoms with Crippen molar-refractivity contribution in [1.29, 1.82) is 0 Å². The molecule has 3 aromatic rings. The smallest absolute Gasteiger partial charge is 0.272 e. The molecule has 0 bridgehead atoms. The van der Waals surface area contributed by atoms with Gasteiger partial charge in [-0.25, -0.2) is 9.97 Å². The summed E-state index contributed by atoms with van der Waals surface area (Å²) < 4.78 is 1.93. The number of amides is 1. The number of benzene rings is 1. The number of nitrogens with zero attached hydrogens (tertiary/aromatic N) is 4. The third kappa shape index (κ3) is 3.35. The number of nitrogens with one attached hydrogen (secondary N) is 1. The van der Waals surface area contributed by atoms with Crippen LogP contribution in [0.5, 0.6) is 0 Å². The molecule has 0 aliphatic carbocycles. The minimum absolute atomic E-state index is 0.176. The van der Waals surface area contributed by atoms with E-state index in [1.54, 1.807) is 12.5 Å². The van der Waals surface area contributed by atoms with E-state index in [0.717, 1.165) is 5.56 Å². The Kier molecular flexibility index (Phi) is 4.20. The largest absolute Gasteiger partial charge is 0.342 e. The molecule has 0 saturated carbocycles. The molecule has 1 atom stereocenters. The van der Waals surface area contributed by atoms with Gasteiger partial charge in [0.05, 0.1) is 18.6 Å². The average Bonchev–Trinajstić information content (AvgIpc) is 3.09. The van der Waals surface area contributed by atoms with Crippen LogP contribution in [-0.4, -0.2) is 25.4 Å². The highest BCUT2D eigenvalue weighted by Crippen LogP contribution is 2.15. The van der Waals surface area contributed by atoms with Crippen molar-refractivity contribution in [2.45, 2.75) is 12.6 Å². The summed E-state index contributed by atoms with van der Waals surface area (Å²) in [6, 6.07) is 9.64. The highest BCUT2D eigenvalue weighted by Gasteiger charge is 2.17. The van der Waals surface area contributed by atoms with Gasteiger partial charge in [0.25, 0.3) is 5.91 Å². The van der Waals surface area contributed by atoms with Gasteiger partial charge in [-0.2, -0.15) is 0 Å². The summed E-state index contributed by atoms with van der Waals surface area (Å²) >= 11 is 0. The minimum Gasteiger partial charge on any atom is -0.342 e. The van der Waals surface area contributed by atoms with Gasteiger partial charge in [-0.3, -0.25) is 9.78 Å². The van der Waals surface area contributed by atoms with Crippen molar-refractivity contribution in [3.63, 3.8) is 0 Å². The van der Waals surface area contributed by atoms with E-state index in [2.05, 4.69) is 20.3 Å². The van der Waals surface area contributed by atoms with E-state index < -0.39 is 0 Å². The lowest BCUT2D eigenvalue weighted by Gasteiger charge is -2.19. The van der Waals surface area contributed by atoms with Crippen molar-refractivity contribution in [2.75, 3.05) is 0 Å². The molecule has 0 fully saturated rings. The van der Waals surface area contributed by atoms with Gasteiger partial charge in [-0.15, -0.1) is 0 Å². The van der Waals surface area contributed by atoms with Crippen molar-refractivity contribution in [1.82, 2.24) is 24.8 Å². The minimum atomic E-state index is -0.248. The highest BCUT2D eigenvalue weighted by atomic mass is 16.1. The predicted octanol–water partition coefficient (Wildman–Crippen LogP) is 1.84. The Labute approximate surface area is 127 Å². The average molecular weight is 293 g/mol. The summed E-state index contributed by atoms with van der Waals surface area (Å²) in [5.41, 5.74) is 1.32. The molecule has 0 radical (unpaired) electrons.